The van der Waals surface area contributed by atoms with Gasteiger partial charge in [0.2, 0.25) is 10.0 Å². The first kappa shape index (κ1) is 24.3. The molecule has 0 atom stereocenters. The number of hydrogen-bond donors (Lipinski definition) is 2. The molecule has 0 unspecified atom stereocenters. The molecule has 8 heteroatoms. The summed E-state index contributed by atoms with van der Waals surface area (Å²) in [5.74, 6) is 0.978. The van der Waals surface area contributed by atoms with Gasteiger partial charge in [0.05, 0.1) is 4.90 Å². The normalized spacial score (nSPS) is 11.2. The van der Waals surface area contributed by atoms with Crippen LogP contribution in [0.1, 0.15) is 19.4 Å². The van der Waals surface area contributed by atoms with Gasteiger partial charge in [-0.1, -0.05) is 44.2 Å². The molecule has 0 fully saturated rings. The van der Waals surface area contributed by atoms with Crippen LogP contribution in [0, 0.1) is 5.92 Å². The summed E-state index contributed by atoms with van der Waals surface area (Å²) in [6.07, 6.45) is 0. The fourth-order valence-corrected chi connectivity index (χ4v) is 4.01. The standard InChI is InChI=1S/C25H28N2O5S/c1-19(2)16-26-33(29,30)24-14-12-23(13-15-24)32-18-25(28)27-21-8-10-22(11-9-21)31-17-20-6-4-3-5-7-20/h3-15,19,26H,16-18H2,1-2H3,(H,27,28). The molecule has 2 N–H and O–H groups in total. The number of nitrogens with one attached hydrogen (secondary N) is 2. The zero-order valence-electron chi connectivity index (χ0n) is 18.7. The van der Waals surface area contributed by atoms with E-state index in [1.54, 1.807) is 24.3 Å². The van der Waals surface area contributed by atoms with Crippen LogP contribution >= 0.6 is 0 Å². The van der Waals surface area contributed by atoms with Crippen molar-refractivity contribution >= 4 is 21.6 Å². The molecule has 3 rings (SSSR count). The molecule has 0 bridgehead atoms. The summed E-state index contributed by atoms with van der Waals surface area (Å²) in [6.45, 7) is 4.48. The van der Waals surface area contributed by atoms with E-state index in [0.717, 1.165) is 5.56 Å². The Morgan fingerprint density at radius 1 is 0.848 bits per heavy atom. The summed E-state index contributed by atoms with van der Waals surface area (Å²) in [5, 5.41) is 2.75. The van der Waals surface area contributed by atoms with Crippen molar-refractivity contribution in [3.63, 3.8) is 0 Å². The molecule has 3 aromatic rings. The Hall–Kier alpha value is -3.36. The van der Waals surface area contributed by atoms with Crippen molar-refractivity contribution in [1.29, 1.82) is 0 Å². The van der Waals surface area contributed by atoms with Crippen molar-refractivity contribution in [1.82, 2.24) is 4.72 Å². The molecule has 3 aromatic carbocycles. The number of benzene rings is 3. The quantitative estimate of drug-likeness (QED) is 0.440. The molecule has 0 spiro atoms. The van der Waals surface area contributed by atoms with Crippen LogP contribution in [0.3, 0.4) is 0 Å². The van der Waals surface area contributed by atoms with E-state index in [1.807, 2.05) is 44.2 Å². The zero-order chi connectivity index (χ0) is 23.7. The highest BCUT2D eigenvalue weighted by atomic mass is 32.2. The van der Waals surface area contributed by atoms with Gasteiger partial charge in [0, 0.05) is 12.2 Å². The first-order chi connectivity index (χ1) is 15.8. The van der Waals surface area contributed by atoms with Crippen molar-refractivity contribution in [2.45, 2.75) is 25.3 Å². The van der Waals surface area contributed by atoms with Gasteiger partial charge in [-0.2, -0.15) is 0 Å². The van der Waals surface area contributed by atoms with Crippen LogP contribution in [-0.4, -0.2) is 27.5 Å². The van der Waals surface area contributed by atoms with E-state index < -0.39 is 10.0 Å². The van der Waals surface area contributed by atoms with Crippen molar-refractivity contribution in [3.8, 4) is 11.5 Å². The number of sulfonamides is 1. The van der Waals surface area contributed by atoms with Crippen molar-refractivity contribution in [2.75, 3.05) is 18.5 Å². The molecular weight excluding hydrogens is 440 g/mol. The molecule has 0 heterocycles. The lowest BCUT2D eigenvalue weighted by Gasteiger charge is -2.11. The van der Waals surface area contributed by atoms with Gasteiger partial charge in [0.1, 0.15) is 18.1 Å². The van der Waals surface area contributed by atoms with E-state index >= 15 is 0 Å². The van der Waals surface area contributed by atoms with E-state index in [9.17, 15) is 13.2 Å². The van der Waals surface area contributed by atoms with Gasteiger partial charge in [0.25, 0.3) is 5.91 Å². The minimum atomic E-state index is -3.56. The maximum atomic E-state index is 12.2. The number of carbonyl (C=O) groups excluding carboxylic acids is 1. The van der Waals surface area contributed by atoms with Crippen LogP contribution < -0.4 is 19.5 Å². The van der Waals surface area contributed by atoms with E-state index in [2.05, 4.69) is 10.0 Å². The minimum Gasteiger partial charge on any atom is -0.489 e. The molecule has 7 nitrogen and oxygen atoms in total. The van der Waals surface area contributed by atoms with Crippen molar-refractivity contribution in [3.05, 3.63) is 84.4 Å². The summed E-state index contributed by atoms with van der Waals surface area (Å²) < 4.78 is 38.2. The van der Waals surface area contributed by atoms with E-state index in [1.165, 1.54) is 24.3 Å². The number of carbonyl (C=O) groups is 1. The minimum absolute atomic E-state index is 0.148. The second-order valence-electron chi connectivity index (χ2n) is 7.85. The first-order valence-electron chi connectivity index (χ1n) is 10.6. The topological polar surface area (TPSA) is 93.7 Å². The SMILES string of the molecule is CC(C)CNS(=O)(=O)c1ccc(OCC(=O)Nc2ccc(OCc3ccccc3)cc2)cc1. The lowest BCUT2D eigenvalue weighted by molar-refractivity contribution is -0.118. The average molecular weight is 469 g/mol. The third kappa shape index (κ3) is 7.93. The second kappa shape index (κ2) is 11.5. The maximum Gasteiger partial charge on any atom is 0.262 e. The Labute approximate surface area is 194 Å². The third-order valence-electron chi connectivity index (χ3n) is 4.57. The summed E-state index contributed by atoms with van der Waals surface area (Å²) in [6, 6.07) is 22.9. The van der Waals surface area contributed by atoms with E-state index in [0.29, 0.717) is 30.3 Å². The number of anilines is 1. The predicted octanol–water partition coefficient (Wildman–Crippen LogP) is 4.22. The first-order valence-corrected chi connectivity index (χ1v) is 12.1. The lowest BCUT2D eigenvalue weighted by Crippen LogP contribution is -2.27. The van der Waals surface area contributed by atoms with Crippen LogP contribution in [0.25, 0.3) is 0 Å². The Morgan fingerprint density at radius 2 is 1.45 bits per heavy atom. The van der Waals surface area contributed by atoms with Crippen molar-refractivity contribution < 1.29 is 22.7 Å². The smallest absolute Gasteiger partial charge is 0.262 e. The molecule has 1 amide bonds. The van der Waals surface area contributed by atoms with Crippen molar-refractivity contribution in [2.24, 2.45) is 5.92 Å². The lowest BCUT2D eigenvalue weighted by atomic mass is 10.2. The fraction of sp³-hybridized carbons (Fsp3) is 0.240. The molecule has 0 saturated heterocycles. The molecule has 0 aliphatic heterocycles. The third-order valence-corrected chi connectivity index (χ3v) is 6.01. The highest BCUT2D eigenvalue weighted by Crippen LogP contribution is 2.18. The molecule has 0 saturated carbocycles. The molecule has 174 valence electrons. The molecule has 0 aromatic heterocycles. The van der Waals surface area contributed by atoms with Gasteiger partial charge >= 0.3 is 0 Å². The summed E-state index contributed by atoms with van der Waals surface area (Å²) in [5.41, 5.74) is 1.69. The summed E-state index contributed by atoms with van der Waals surface area (Å²) in [7, 11) is -3.56. The molecule has 33 heavy (non-hydrogen) atoms. The summed E-state index contributed by atoms with van der Waals surface area (Å²) in [4.78, 5) is 12.3. The van der Waals surface area contributed by atoms with Crippen LogP contribution in [-0.2, 0) is 21.4 Å². The molecule has 0 aliphatic rings. The monoisotopic (exact) mass is 468 g/mol. The van der Waals surface area contributed by atoms with Gasteiger partial charge in [-0.25, -0.2) is 13.1 Å². The number of hydrogen-bond acceptors (Lipinski definition) is 5. The van der Waals surface area contributed by atoms with Gasteiger partial charge in [-0.05, 0) is 60.0 Å². The predicted molar refractivity (Wildman–Crippen MR) is 128 cm³/mol. The number of rotatable bonds is 11. The largest absolute Gasteiger partial charge is 0.489 e. The number of amides is 1. The Bertz CT molecular complexity index is 1130. The average Bonchev–Trinajstić information content (AvgIpc) is 2.82. The molecule has 0 aliphatic carbocycles. The molecule has 0 radical (unpaired) electrons. The van der Waals surface area contributed by atoms with Gasteiger partial charge in [-0.3, -0.25) is 4.79 Å². The zero-order valence-corrected chi connectivity index (χ0v) is 19.5. The summed E-state index contributed by atoms with van der Waals surface area (Å²) >= 11 is 0. The van der Waals surface area contributed by atoms with Crippen LogP contribution in [0.4, 0.5) is 5.69 Å². The Morgan fingerprint density at radius 3 is 2.09 bits per heavy atom. The Kier molecular flexibility index (Phi) is 8.46. The maximum absolute atomic E-state index is 12.2. The van der Waals surface area contributed by atoms with Gasteiger partial charge in [-0.15, -0.1) is 0 Å². The number of ether oxygens (including phenoxy) is 2. The highest BCUT2D eigenvalue weighted by molar-refractivity contribution is 7.89. The molecular formula is C25H28N2O5S. The Balaban J connectivity index is 1.45. The van der Waals surface area contributed by atoms with Gasteiger partial charge in [0.15, 0.2) is 6.61 Å². The van der Waals surface area contributed by atoms with Crippen LogP contribution in [0.2, 0.25) is 0 Å². The van der Waals surface area contributed by atoms with E-state index in [4.69, 9.17) is 9.47 Å². The fourth-order valence-electron chi connectivity index (χ4n) is 2.80. The van der Waals surface area contributed by atoms with Crippen LogP contribution in [0.15, 0.2) is 83.8 Å². The van der Waals surface area contributed by atoms with Crippen LogP contribution in [0.5, 0.6) is 11.5 Å². The second-order valence-corrected chi connectivity index (χ2v) is 9.62. The highest BCUT2D eigenvalue weighted by Gasteiger charge is 2.14. The van der Waals surface area contributed by atoms with E-state index in [-0.39, 0.29) is 23.3 Å². The van der Waals surface area contributed by atoms with Gasteiger partial charge < -0.3 is 14.8 Å².